The zero-order chi connectivity index (χ0) is 23.8. The third-order valence-corrected chi connectivity index (χ3v) is 6.28. The van der Waals surface area contributed by atoms with Crippen LogP contribution in [-0.4, -0.2) is 48.0 Å². The Labute approximate surface area is 200 Å². The molecule has 10 heteroatoms. The predicted octanol–water partition coefficient (Wildman–Crippen LogP) is 5.07. The second-order valence-electron chi connectivity index (χ2n) is 8.05. The summed E-state index contributed by atoms with van der Waals surface area (Å²) in [6.45, 7) is 2.07. The fraction of sp³-hybridized carbons (Fsp3) is 0.417. The first kappa shape index (κ1) is 23.0. The van der Waals surface area contributed by atoms with E-state index in [1.807, 2.05) is 32.0 Å². The normalized spacial score (nSPS) is 20.0. The van der Waals surface area contributed by atoms with Crippen molar-refractivity contribution in [1.82, 2.24) is 14.9 Å². The first-order chi connectivity index (χ1) is 16.5. The third-order valence-electron chi connectivity index (χ3n) is 6.05. The maximum Gasteiger partial charge on any atom is 0.387 e. The van der Waals surface area contributed by atoms with E-state index in [-0.39, 0.29) is 24.4 Å². The summed E-state index contributed by atoms with van der Waals surface area (Å²) in [7, 11) is 0. The van der Waals surface area contributed by atoms with E-state index in [1.165, 1.54) is 0 Å². The Morgan fingerprint density at radius 3 is 2.74 bits per heavy atom. The number of hydrogen-bond donors (Lipinski definition) is 1. The molecule has 1 aromatic heterocycles. The lowest BCUT2D eigenvalue weighted by Gasteiger charge is -2.23. The number of aliphatic imine (C=N–C) groups is 1. The molecule has 0 saturated heterocycles. The molecule has 180 valence electrons. The summed E-state index contributed by atoms with van der Waals surface area (Å²) >= 11 is 6.27. The first-order valence-corrected chi connectivity index (χ1v) is 11.7. The van der Waals surface area contributed by atoms with Crippen molar-refractivity contribution >= 4 is 28.5 Å². The van der Waals surface area contributed by atoms with Crippen LogP contribution in [-0.2, 0) is 9.47 Å². The summed E-state index contributed by atoms with van der Waals surface area (Å²) in [5.41, 5.74) is 2.98. The highest BCUT2D eigenvalue weighted by atomic mass is 35.5. The van der Waals surface area contributed by atoms with Gasteiger partial charge in [-0.2, -0.15) is 8.78 Å². The molecule has 0 saturated carbocycles. The number of nitrogens with zero attached hydrogens (tertiary/aromatic N) is 3. The number of nitrogens with one attached hydrogen (secondary N) is 1. The lowest BCUT2D eigenvalue weighted by Crippen LogP contribution is -2.31. The highest BCUT2D eigenvalue weighted by Gasteiger charge is 2.41. The van der Waals surface area contributed by atoms with Crippen LogP contribution in [0.2, 0.25) is 5.02 Å². The number of hydrogen-bond acceptors (Lipinski definition) is 5. The van der Waals surface area contributed by atoms with Gasteiger partial charge in [0.15, 0.2) is 6.29 Å². The lowest BCUT2D eigenvalue weighted by atomic mass is 9.97. The smallest absolute Gasteiger partial charge is 0.387 e. The van der Waals surface area contributed by atoms with Crippen LogP contribution >= 0.6 is 11.6 Å². The molecule has 0 amide bonds. The average molecular weight is 491 g/mol. The zero-order valence-corrected chi connectivity index (χ0v) is 19.6. The van der Waals surface area contributed by atoms with Crippen LogP contribution < -0.4 is 10.1 Å². The molecule has 2 aliphatic heterocycles. The molecule has 1 N–H and O–H groups in total. The van der Waals surface area contributed by atoms with Crippen molar-refractivity contribution < 1.29 is 23.0 Å². The minimum atomic E-state index is -2.95. The summed E-state index contributed by atoms with van der Waals surface area (Å²) in [6.07, 6.45) is 0.112. The molecular weight excluding hydrogens is 466 g/mol. The van der Waals surface area contributed by atoms with Gasteiger partial charge in [0, 0.05) is 29.4 Å². The maximum absolute atomic E-state index is 13.4. The topological polar surface area (TPSA) is 69.9 Å². The van der Waals surface area contributed by atoms with E-state index < -0.39 is 12.9 Å². The van der Waals surface area contributed by atoms with Crippen molar-refractivity contribution in [1.29, 1.82) is 0 Å². The summed E-state index contributed by atoms with van der Waals surface area (Å²) in [5, 5.41) is 4.08. The second kappa shape index (κ2) is 9.48. The minimum absolute atomic E-state index is 0.121. The average Bonchev–Trinajstić information content (AvgIpc) is 3.27. The van der Waals surface area contributed by atoms with Gasteiger partial charge < -0.3 is 24.1 Å². The van der Waals surface area contributed by atoms with E-state index in [1.54, 1.807) is 18.2 Å². The quantitative estimate of drug-likeness (QED) is 0.446. The predicted molar refractivity (Wildman–Crippen MR) is 125 cm³/mol. The number of ether oxygens (including phenoxy) is 3. The van der Waals surface area contributed by atoms with E-state index in [2.05, 4.69) is 9.88 Å². The summed E-state index contributed by atoms with van der Waals surface area (Å²) in [5.74, 6) is 1.50. The van der Waals surface area contributed by atoms with E-state index >= 15 is 0 Å². The Bertz CT molecular complexity index is 1230. The molecular formula is C24H25ClF2N4O3. The highest BCUT2D eigenvalue weighted by Crippen LogP contribution is 2.47. The van der Waals surface area contributed by atoms with Gasteiger partial charge in [-0.15, -0.1) is 0 Å². The Hall–Kier alpha value is -2.75. The molecule has 0 fully saturated rings. The van der Waals surface area contributed by atoms with Gasteiger partial charge in [-0.25, -0.2) is 4.98 Å². The van der Waals surface area contributed by atoms with E-state index in [4.69, 9.17) is 35.8 Å². The molecule has 2 aromatic carbocycles. The number of halogens is 3. The minimum Gasteiger partial charge on any atom is -0.434 e. The van der Waals surface area contributed by atoms with Gasteiger partial charge >= 0.3 is 6.61 Å². The van der Waals surface area contributed by atoms with Crippen molar-refractivity contribution in [2.45, 2.75) is 45.3 Å². The van der Waals surface area contributed by atoms with Gasteiger partial charge in [-0.3, -0.25) is 4.99 Å². The van der Waals surface area contributed by atoms with Crippen LogP contribution in [0.15, 0.2) is 41.4 Å². The van der Waals surface area contributed by atoms with Gasteiger partial charge in [0.2, 0.25) is 0 Å². The Morgan fingerprint density at radius 1 is 1.21 bits per heavy atom. The van der Waals surface area contributed by atoms with Gasteiger partial charge in [-0.1, -0.05) is 23.7 Å². The number of aromatic nitrogens is 2. The molecule has 34 heavy (non-hydrogen) atoms. The fourth-order valence-corrected chi connectivity index (χ4v) is 4.99. The van der Waals surface area contributed by atoms with Gasteiger partial charge in [-0.05, 0) is 44.5 Å². The largest absolute Gasteiger partial charge is 0.434 e. The number of amidine groups is 1. The number of alkyl halides is 2. The van der Waals surface area contributed by atoms with Crippen LogP contribution in [0.4, 0.5) is 8.78 Å². The number of imidazole rings is 1. The number of benzene rings is 2. The lowest BCUT2D eigenvalue weighted by molar-refractivity contribution is -0.128. The van der Waals surface area contributed by atoms with Crippen molar-refractivity contribution in [3.8, 4) is 5.75 Å². The Kier molecular flexibility index (Phi) is 6.42. The molecule has 2 bridgehead atoms. The van der Waals surface area contributed by atoms with E-state index in [0.29, 0.717) is 41.6 Å². The number of fused-ring (bicyclic) bond motifs is 9. The Morgan fingerprint density at radius 2 is 2.00 bits per heavy atom. The highest BCUT2D eigenvalue weighted by molar-refractivity contribution is 6.31. The van der Waals surface area contributed by atoms with Gasteiger partial charge in [0.05, 0.1) is 29.7 Å². The zero-order valence-electron chi connectivity index (χ0n) is 18.8. The molecule has 0 spiro atoms. The van der Waals surface area contributed by atoms with Crippen LogP contribution in [0.25, 0.3) is 11.0 Å². The molecule has 0 radical (unpaired) electrons. The van der Waals surface area contributed by atoms with Crippen LogP contribution in [0, 0.1) is 0 Å². The molecule has 2 atom stereocenters. The molecule has 3 heterocycles. The first-order valence-electron chi connectivity index (χ1n) is 11.3. The molecule has 2 aliphatic rings. The Balaban J connectivity index is 1.65. The van der Waals surface area contributed by atoms with E-state index in [0.717, 1.165) is 16.9 Å². The van der Waals surface area contributed by atoms with Crippen molar-refractivity contribution in [3.05, 3.63) is 58.4 Å². The van der Waals surface area contributed by atoms with Crippen LogP contribution in [0.5, 0.6) is 5.75 Å². The SMILES string of the molecule is CCOC(CN=C1N[C@@H]2C[C@H](c3c(OC(F)F)cccc31)n1c2nc2ccc(Cl)cc21)OCC. The second-order valence-corrected chi connectivity index (χ2v) is 8.48. The van der Waals surface area contributed by atoms with Crippen molar-refractivity contribution in [3.63, 3.8) is 0 Å². The fourth-order valence-electron chi connectivity index (χ4n) is 4.82. The third kappa shape index (κ3) is 4.12. The summed E-state index contributed by atoms with van der Waals surface area (Å²) < 4.78 is 45.0. The summed E-state index contributed by atoms with van der Waals surface area (Å²) in [4.78, 5) is 9.58. The molecule has 7 nitrogen and oxygen atoms in total. The molecule has 0 aliphatic carbocycles. The molecule has 3 aromatic rings. The van der Waals surface area contributed by atoms with Crippen LogP contribution in [0.3, 0.4) is 0 Å². The standard InChI is InChI=1S/C24H25ClF2N4O3/c1-3-32-20(33-4-2)12-28-22-14-6-5-7-19(34-24(26)27)21(14)18-11-16(29-22)23-30-15-9-8-13(25)10-17(15)31(18)23/h5-10,16,18,20,24H,3-4,11-12H2,1-2H3,(H,28,29)/t16-,18-/m1/s1. The van der Waals surface area contributed by atoms with Crippen LogP contribution in [0.1, 0.15) is 49.3 Å². The maximum atomic E-state index is 13.4. The molecule has 5 rings (SSSR count). The van der Waals surface area contributed by atoms with Gasteiger partial charge in [0.1, 0.15) is 17.4 Å². The van der Waals surface area contributed by atoms with Crippen molar-refractivity contribution in [2.75, 3.05) is 19.8 Å². The van der Waals surface area contributed by atoms with Gasteiger partial charge in [0.25, 0.3) is 0 Å². The molecule has 0 unspecified atom stereocenters. The number of rotatable bonds is 8. The monoisotopic (exact) mass is 490 g/mol. The van der Waals surface area contributed by atoms with E-state index in [9.17, 15) is 8.78 Å². The summed E-state index contributed by atoms with van der Waals surface area (Å²) in [6, 6.07) is 10.2. The van der Waals surface area contributed by atoms with Crippen molar-refractivity contribution in [2.24, 2.45) is 4.99 Å².